The Kier molecular flexibility index (Phi) is 4.60. The smallest absolute Gasteiger partial charge is 0.251 e. The largest absolute Gasteiger partial charge is 0.356 e. The Morgan fingerprint density at radius 3 is 2.52 bits per heavy atom. The van der Waals surface area contributed by atoms with Crippen LogP contribution in [0.15, 0.2) is 42.5 Å². The molecule has 23 heavy (non-hydrogen) atoms. The molecule has 2 aromatic rings. The number of amides is 1. The van der Waals surface area contributed by atoms with Gasteiger partial charge in [0.1, 0.15) is 5.82 Å². The van der Waals surface area contributed by atoms with Gasteiger partial charge in [-0.15, -0.1) is 0 Å². The summed E-state index contributed by atoms with van der Waals surface area (Å²) in [5, 5.41) is 3.17. The fourth-order valence-electron chi connectivity index (χ4n) is 3.05. The molecular weight excluding hydrogens is 286 g/mol. The number of anilines is 1. The highest BCUT2D eigenvalue weighted by molar-refractivity contribution is 5.95. The molecule has 0 spiro atoms. The summed E-state index contributed by atoms with van der Waals surface area (Å²) in [5.41, 5.74) is 2.83. The van der Waals surface area contributed by atoms with E-state index in [1.54, 1.807) is 0 Å². The second kappa shape index (κ2) is 6.82. The lowest BCUT2D eigenvalue weighted by Crippen LogP contribution is -2.45. The van der Waals surface area contributed by atoms with Crippen molar-refractivity contribution in [2.45, 2.75) is 32.7 Å². The summed E-state index contributed by atoms with van der Waals surface area (Å²) in [5.74, 6) is 1.07. The van der Waals surface area contributed by atoms with E-state index in [0.29, 0.717) is 0 Å². The fourth-order valence-corrected chi connectivity index (χ4v) is 3.05. The van der Waals surface area contributed by atoms with Gasteiger partial charge >= 0.3 is 0 Å². The zero-order valence-electron chi connectivity index (χ0n) is 13.7. The molecule has 1 amide bonds. The standard InChI is InChI=1S/C19H23N3O/c1-14-6-3-4-8-17(14)19(23)21-16-10-12-22(13-11-16)18-9-5-7-15(2)20-18/h3-9,16H,10-13H2,1-2H3,(H,21,23). The van der Waals surface area contributed by atoms with E-state index < -0.39 is 0 Å². The quantitative estimate of drug-likeness (QED) is 0.947. The van der Waals surface area contributed by atoms with Crippen molar-refractivity contribution in [1.29, 1.82) is 0 Å². The molecule has 0 bridgehead atoms. The van der Waals surface area contributed by atoms with Crippen molar-refractivity contribution < 1.29 is 4.79 Å². The first-order chi connectivity index (χ1) is 11.1. The molecule has 1 aliphatic rings. The van der Waals surface area contributed by atoms with Crippen molar-refractivity contribution in [2.75, 3.05) is 18.0 Å². The van der Waals surface area contributed by atoms with Crippen LogP contribution in [0.3, 0.4) is 0 Å². The summed E-state index contributed by atoms with van der Waals surface area (Å²) in [6.07, 6.45) is 1.90. The van der Waals surface area contributed by atoms with Crippen molar-refractivity contribution in [1.82, 2.24) is 10.3 Å². The van der Waals surface area contributed by atoms with Gasteiger partial charge in [-0.3, -0.25) is 4.79 Å². The molecule has 2 heterocycles. The third-order valence-corrected chi connectivity index (χ3v) is 4.42. The number of hydrogen-bond acceptors (Lipinski definition) is 3. The molecule has 0 unspecified atom stereocenters. The molecule has 1 aromatic heterocycles. The van der Waals surface area contributed by atoms with Crippen molar-refractivity contribution in [2.24, 2.45) is 0 Å². The number of pyridine rings is 1. The molecular formula is C19H23N3O. The molecule has 1 fully saturated rings. The van der Waals surface area contributed by atoms with Crippen molar-refractivity contribution >= 4 is 11.7 Å². The van der Waals surface area contributed by atoms with Gasteiger partial charge in [0.15, 0.2) is 0 Å². The van der Waals surface area contributed by atoms with Crippen LogP contribution < -0.4 is 10.2 Å². The van der Waals surface area contributed by atoms with Gasteiger partial charge in [0.2, 0.25) is 0 Å². The first kappa shape index (κ1) is 15.5. The van der Waals surface area contributed by atoms with E-state index in [1.807, 2.05) is 50.2 Å². The van der Waals surface area contributed by atoms with Crippen LogP contribution in [0.5, 0.6) is 0 Å². The van der Waals surface area contributed by atoms with Gasteiger partial charge in [-0.05, 0) is 50.5 Å². The molecule has 0 radical (unpaired) electrons. The van der Waals surface area contributed by atoms with Gasteiger partial charge in [0.25, 0.3) is 5.91 Å². The monoisotopic (exact) mass is 309 g/mol. The number of hydrogen-bond donors (Lipinski definition) is 1. The highest BCUT2D eigenvalue weighted by Gasteiger charge is 2.22. The van der Waals surface area contributed by atoms with Crippen LogP contribution in [-0.4, -0.2) is 30.0 Å². The molecule has 1 aromatic carbocycles. The molecule has 0 saturated carbocycles. The lowest BCUT2D eigenvalue weighted by molar-refractivity contribution is 0.0930. The highest BCUT2D eigenvalue weighted by atomic mass is 16.1. The average molecular weight is 309 g/mol. The van der Waals surface area contributed by atoms with E-state index in [9.17, 15) is 4.79 Å². The number of nitrogens with zero attached hydrogens (tertiary/aromatic N) is 2. The maximum Gasteiger partial charge on any atom is 0.251 e. The number of carbonyl (C=O) groups is 1. The van der Waals surface area contributed by atoms with Crippen molar-refractivity contribution in [3.05, 3.63) is 59.3 Å². The van der Waals surface area contributed by atoms with Gasteiger partial charge < -0.3 is 10.2 Å². The second-order valence-corrected chi connectivity index (χ2v) is 6.19. The van der Waals surface area contributed by atoms with Crippen LogP contribution in [0.4, 0.5) is 5.82 Å². The summed E-state index contributed by atoms with van der Waals surface area (Å²) in [6, 6.07) is 14.1. The molecule has 120 valence electrons. The van der Waals surface area contributed by atoms with Gasteiger partial charge in [-0.1, -0.05) is 24.3 Å². The lowest BCUT2D eigenvalue weighted by Gasteiger charge is -2.33. The maximum absolute atomic E-state index is 12.4. The van der Waals surface area contributed by atoms with E-state index in [-0.39, 0.29) is 11.9 Å². The number of benzene rings is 1. The average Bonchev–Trinajstić information content (AvgIpc) is 2.56. The molecule has 4 heteroatoms. The minimum atomic E-state index is 0.0373. The Balaban J connectivity index is 1.57. The highest BCUT2D eigenvalue weighted by Crippen LogP contribution is 2.18. The van der Waals surface area contributed by atoms with E-state index in [4.69, 9.17) is 0 Å². The van der Waals surface area contributed by atoms with Crippen LogP contribution >= 0.6 is 0 Å². The SMILES string of the molecule is Cc1cccc(N2CCC(NC(=O)c3ccccc3C)CC2)n1. The predicted octanol–water partition coefficient (Wildman–Crippen LogP) is 3.10. The van der Waals surface area contributed by atoms with E-state index in [2.05, 4.69) is 21.3 Å². The first-order valence-corrected chi connectivity index (χ1v) is 8.18. The third kappa shape index (κ3) is 3.70. The first-order valence-electron chi connectivity index (χ1n) is 8.18. The Hall–Kier alpha value is -2.36. The third-order valence-electron chi connectivity index (χ3n) is 4.42. The topological polar surface area (TPSA) is 45.2 Å². The Morgan fingerprint density at radius 1 is 1.09 bits per heavy atom. The van der Waals surface area contributed by atoms with E-state index in [0.717, 1.165) is 48.6 Å². The van der Waals surface area contributed by atoms with Crippen LogP contribution in [0.25, 0.3) is 0 Å². The summed E-state index contributed by atoms with van der Waals surface area (Å²) < 4.78 is 0. The number of rotatable bonds is 3. The zero-order chi connectivity index (χ0) is 16.2. The Bertz CT molecular complexity index is 691. The van der Waals surface area contributed by atoms with Crippen LogP contribution in [-0.2, 0) is 0 Å². The number of nitrogens with one attached hydrogen (secondary N) is 1. The second-order valence-electron chi connectivity index (χ2n) is 6.19. The normalized spacial score (nSPS) is 15.5. The van der Waals surface area contributed by atoms with E-state index in [1.165, 1.54) is 0 Å². The molecule has 1 saturated heterocycles. The maximum atomic E-state index is 12.4. The molecule has 4 nitrogen and oxygen atoms in total. The molecule has 1 N–H and O–H groups in total. The Morgan fingerprint density at radius 2 is 1.83 bits per heavy atom. The summed E-state index contributed by atoms with van der Waals surface area (Å²) in [4.78, 5) is 19.3. The van der Waals surface area contributed by atoms with Crippen LogP contribution in [0.2, 0.25) is 0 Å². The van der Waals surface area contributed by atoms with Gasteiger partial charge in [0, 0.05) is 30.4 Å². The summed E-state index contributed by atoms with van der Waals surface area (Å²) in [7, 11) is 0. The van der Waals surface area contributed by atoms with Crippen molar-refractivity contribution in [3.8, 4) is 0 Å². The molecule has 3 rings (SSSR count). The summed E-state index contributed by atoms with van der Waals surface area (Å²) in [6.45, 7) is 5.84. The molecule has 1 aliphatic heterocycles. The van der Waals surface area contributed by atoms with Crippen LogP contribution in [0.1, 0.15) is 34.5 Å². The lowest BCUT2D eigenvalue weighted by atomic mass is 10.0. The predicted molar refractivity (Wildman–Crippen MR) is 92.9 cm³/mol. The van der Waals surface area contributed by atoms with Crippen LogP contribution in [0, 0.1) is 13.8 Å². The molecule has 0 atom stereocenters. The number of aromatic nitrogens is 1. The minimum absolute atomic E-state index is 0.0373. The molecule has 0 aliphatic carbocycles. The number of carbonyl (C=O) groups excluding carboxylic acids is 1. The summed E-state index contributed by atoms with van der Waals surface area (Å²) >= 11 is 0. The van der Waals surface area contributed by atoms with Gasteiger partial charge in [-0.25, -0.2) is 4.98 Å². The van der Waals surface area contributed by atoms with E-state index >= 15 is 0 Å². The Labute approximate surface area is 137 Å². The minimum Gasteiger partial charge on any atom is -0.356 e. The number of aryl methyl sites for hydroxylation is 2. The van der Waals surface area contributed by atoms with Crippen molar-refractivity contribution in [3.63, 3.8) is 0 Å². The zero-order valence-corrected chi connectivity index (χ0v) is 13.7. The van der Waals surface area contributed by atoms with Gasteiger partial charge in [0.05, 0.1) is 0 Å². The fraction of sp³-hybridized carbons (Fsp3) is 0.368. The van der Waals surface area contributed by atoms with Gasteiger partial charge in [-0.2, -0.15) is 0 Å². The number of piperidine rings is 1.